The Morgan fingerprint density at radius 3 is 2.73 bits per heavy atom. The lowest BCUT2D eigenvalue weighted by molar-refractivity contribution is -0.286. The SMILES string of the molecule is Cc1c(-c2ccc3c(c2)OC(F)(F)O3)ccnc1OC(=O)O. The second kappa shape index (κ2) is 4.83. The van der Waals surface area contributed by atoms with Crippen LogP contribution >= 0.6 is 0 Å². The molecule has 0 amide bonds. The number of aromatic nitrogens is 1. The van der Waals surface area contributed by atoms with Crippen LogP contribution < -0.4 is 14.2 Å². The third-order valence-corrected chi connectivity index (χ3v) is 3.05. The fourth-order valence-electron chi connectivity index (χ4n) is 2.13. The molecule has 2 heterocycles. The van der Waals surface area contributed by atoms with Gasteiger partial charge in [0.1, 0.15) is 0 Å². The number of hydrogen-bond donors (Lipinski definition) is 1. The Morgan fingerprint density at radius 2 is 2.00 bits per heavy atom. The highest BCUT2D eigenvalue weighted by Gasteiger charge is 2.43. The summed E-state index contributed by atoms with van der Waals surface area (Å²) in [4.78, 5) is 14.4. The number of hydrogen-bond acceptors (Lipinski definition) is 5. The summed E-state index contributed by atoms with van der Waals surface area (Å²) in [6, 6.07) is 5.89. The molecule has 1 aromatic heterocycles. The maximum absolute atomic E-state index is 13.0. The molecule has 1 aliphatic rings. The summed E-state index contributed by atoms with van der Waals surface area (Å²) in [5, 5.41) is 8.66. The number of carboxylic acid groups (broad SMARTS) is 1. The normalized spacial score (nSPS) is 14.7. The molecule has 0 bridgehead atoms. The molecular formula is C14H9F2NO5. The molecule has 2 aromatic rings. The van der Waals surface area contributed by atoms with Crippen LogP contribution in [0.25, 0.3) is 11.1 Å². The number of nitrogens with zero attached hydrogens (tertiary/aromatic N) is 1. The van der Waals surface area contributed by atoms with Gasteiger partial charge in [-0.15, -0.1) is 8.78 Å². The molecule has 0 radical (unpaired) electrons. The lowest BCUT2D eigenvalue weighted by Crippen LogP contribution is -2.25. The van der Waals surface area contributed by atoms with E-state index in [-0.39, 0.29) is 17.4 Å². The first-order valence-electron chi connectivity index (χ1n) is 6.12. The number of alkyl halides is 2. The van der Waals surface area contributed by atoms with Gasteiger partial charge >= 0.3 is 12.5 Å². The van der Waals surface area contributed by atoms with Crippen molar-refractivity contribution < 1.29 is 32.9 Å². The summed E-state index contributed by atoms with van der Waals surface area (Å²) < 4.78 is 39.3. The average molecular weight is 309 g/mol. The van der Waals surface area contributed by atoms with Gasteiger partial charge in [0.05, 0.1) is 0 Å². The zero-order chi connectivity index (χ0) is 15.9. The van der Waals surface area contributed by atoms with E-state index >= 15 is 0 Å². The Kier molecular flexibility index (Phi) is 3.09. The number of rotatable bonds is 2. The van der Waals surface area contributed by atoms with Crippen LogP contribution in [0.5, 0.6) is 17.4 Å². The highest BCUT2D eigenvalue weighted by Crippen LogP contribution is 2.43. The van der Waals surface area contributed by atoms with Crippen LogP contribution in [-0.4, -0.2) is 22.5 Å². The Balaban J connectivity index is 2.01. The minimum Gasteiger partial charge on any atom is -0.449 e. The van der Waals surface area contributed by atoms with Crippen molar-refractivity contribution in [3.05, 3.63) is 36.0 Å². The van der Waals surface area contributed by atoms with Gasteiger partial charge in [0.2, 0.25) is 5.88 Å². The standard InChI is InChI=1S/C14H9F2NO5/c1-7-9(4-5-17-12(7)20-13(18)19)8-2-3-10-11(6-8)22-14(15,16)21-10/h2-6H,1H3,(H,18,19). The Labute approximate surface area is 122 Å². The predicted molar refractivity (Wildman–Crippen MR) is 69.3 cm³/mol. The number of ether oxygens (including phenoxy) is 3. The maximum atomic E-state index is 13.0. The van der Waals surface area contributed by atoms with Crippen LogP contribution in [0.3, 0.4) is 0 Å². The molecule has 6 nitrogen and oxygen atoms in total. The van der Waals surface area contributed by atoms with E-state index in [2.05, 4.69) is 19.2 Å². The molecule has 0 saturated heterocycles. The maximum Gasteiger partial charge on any atom is 0.586 e. The highest BCUT2D eigenvalue weighted by molar-refractivity contribution is 5.72. The van der Waals surface area contributed by atoms with E-state index in [4.69, 9.17) is 5.11 Å². The van der Waals surface area contributed by atoms with Crippen LogP contribution in [-0.2, 0) is 0 Å². The minimum atomic E-state index is -3.69. The zero-order valence-corrected chi connectivity index (χ0v) is 11.2. The molecule has 8 heteroatoms. The molecule has 0 saturated carbocycles. The first-order valence-corrected chi connectivity index (χ1v) is 6.12. The van der Waals surface area contributed by atoms with Crippen LogP contribution in [0, 0.1) is 6.92 Å². The summed E-state index contributed by atoms with van der Waals surface area (Å²) in [7, 11) is 0. The van der Waals surface area contributed by atoms with E-state index < -0.39 is 12.5 Å². The molecule has 0 atom stereocenters. The summed E-state index contributed by atoms with van der Waals surface area (Å²) in [6.07, 6.45) is -3.82. The van der Waals surface area contributed by atoms with Gasteiger partial charge in [-0.05, 0) is 36.2 Å². The smallest absolute Gasteiger partial charge is 0.449 e. The van der Waals surface area contributed by atoms with Crippen molar-refractivity contribution in [3.63, 3.8) is 0 Å². The van der Waals surface area contributed by atoms with Crippen LogP contribution in [0.15, 0.2) is 30.5 Å². The van der Waals surface area contributed by atoms with Gasteiger partial charge < -0.3 is 19.3 Å². The fraction of sp³-hybridized carbons (Fsp3) is 0.143. The number of fused-ring (bicyclic) bond motifs is 1. The van der Waals surface area contributed by atoms with Crippen molar-refractivity contribution >= 4 is 6.16 Å². The summed E-state index contributed by atoms with van der Waals surface area (Å²) in [5.41, 5.74) is 1.57. The van der Waals surface area contributed by atoms with Gasteiger partial charge in [-0.1, -0.05) is 6.07 Å². The third-order valence-electron chi connectivity index (χ3n) is 3.05. The first-order chi connectivity index (χ1) is 10.4. The van der Waals surface area contributed by atoms with E-state index in [1.807, 2.05) is 0 Å². The number of pyridine rings is 1. The molecule has 3 rings (SSSR count). The van der Waals surface area contributed by atoms with Crippen molar-refractivity contribution in [2.45, 2.75) is 13.2 Å². The molecule has 0 spiro atoms. The molecule has 22 heavy (non-hydrogen) atoms. The Bertz CT molecular complexity index is 763. The fourth-order valence-corrected chi connectivity index (χ4v) is 2.13. The quantitative estimate of drug-likeness (QED) is 0.856. The molecule has 1 aromatic carbocycles. The molecule has 1 aliphatic heterocycles. The summed E-state index contributed by atoms with van der Waals surface area (Å²) in [5.74, 6) is -0.241. The second-order valence-corrected chi connectivity index (χ2v) is 4.49. The van der Waals surface area contributed by atoms with Crippen LogP contribution in [0.2, 0.25) is 0 Å². The molecule has 0 unspecified atom stereocenters. The monoisotopic (exact) mass is 309 g/mol. The van der Waals surface area contributed by atoms with Gasteiger partial charge in [-0.3, -0.25) is 0 Å². The second-order valence-electron chi connectivity index (χ2n) is 4.49. The lowest BCUT2D eigenvalue weighted by atomic mass is 10.0. The largest absolute Gasteiger partial charge is 0.586 e. The van der Waals surface area contributed by atoms with Crippen LogP contribution in [0.1, 0.15) is 5.56 Å². The van der Waals surface area contributed by atoms with Crippen molar-refractivity contribution in [1.29, 1.82) is 0 Å². The van der Waals surface area contributed by atoms with Crippen molar-refractivity contribution in [2.75, 3.05) is 0 Å². The average Bonchev–Trinajstić information content (AvgIpc) is 2.73. The molecule has 0 fully saturated rings. The van der Waals surface area contributed by atoms with Crippen LogP contribution in [0.4, 0.5) is 13.6 Å². The Hall–Kier alpha value is -2.90. The molecule has 0 aliphatic carbocycles. The van der Waals surface area contributed by atoms with E-state index in [1.54, 1.807) is 19.1 Å². The van der Waals surface area contributed by atoms with E-state index in [1.165, 1.54) is 18.3 Å². The molecule has 1 N–H and O–H groups in total. The molecular weight excluding hydrogens is 300 g/mol. The predicted octanol–water partition coefficient (Wildman–Crippen LogP) is 3.44. The van der Waals surface area contributed by atoms with Gasteiger partial charge in [-0.2, -0.15) is 0 Å². The lowest BCUT2D eigenvalue weighted by Gasteiger charge is -2.09. The Morgan fingerprint density at radius 1 is 1.27 bits per heavy atom. The van der Waals surface area contributed by atoms with Gasteiger partial charge in [0, 0.05) is 11.8 Å². The van der Waals surface area contributed by atoms with Gasteiger partial charge in [0.15, 0.2) is 11.5 Å². The number of halogens is 2. The van der Waals surface area contributed by atoms with Crippen molar-refractivity contribution in [1.82, 2.24) is 4.98 Å². The number of benzene rings is 1. The minimum absolute atomic E-state index is 0.0672. The zero-order valence-electron chi connectivity index (χ0n) is 11.2. The number of carbonyl (C=O) groups is 1. The summed E-state index contributed by atoms with van der Waals surface area (Å²) in [6.45, 7) is 1.61. The van der Waals surface area contributed by atoms with Crippen molar-refractivity contribution in [2.24, 2.45) is 0 Å². The van der Waals surface area contributed by atoms with E-state index in [0.717, 1.165) is 0 Å². The highest BCUT2D eigenvalue weighted by atomic mass is 19.3. The summed E-state index contributed by atoms with van der Waals surface area (Å²) >= 11 is 0. The molecule has 114 valence electrons. The van der Waals surface area contributed by atoms with Crippen molar-refractivity contribution in [3.8, 4) is 28.5 Å². The van der Waals surface area contributed by atoms with E-state index in [0.29, 0.717) is 16.7 Å². The topological polar surface area (TPSA) is 77.9 Å². The van der Waals surface area contributed by atoms with Gasteiger partial charge in [0.25, 0.3) is 0 Å². The van der Waals surface area contributed by atoms with E-state index in [9.17, 15) is 13.6 Å². The van der Waals surface area contributed by atoms with Gasteiger partial charge in [-0.25, -0.2) is 9.78 Å². The first kappa shape index (κ1) is 14.1. The third kappa shape index (κ3) is 2.50.